The van der Waals surface area contributed by atoms with Gasteiger partial charge in [0, 0.05) is 17.6 Å². The molecule has 1 fully saturated rings. The first-order valence-corrected chi connectivity index (χ1v) is 10.1. The van der Waals surface area contributed by atoms with Crippen molar-refractivity contribution in [2.45, 2.75) is 6.54 Å². The van der Waals surface area contributed by atoms with Crippen molar-refractivity contribution >= 4 is 35.0 Å². The van der Waals surface area contributed by atoms with Crippen LogP contribution in [0.25, 0.3) is 11.8 Å². The quantitative estimate of drug-likeness (QED) is 0.423. The van der Waals surface area contributed by atoms with Gasteiger partial charge in [0.1, 0.15) is 11.5 Å². The summed E-state index contributed by atoms with van der Waals surface area (Å²) < 4.78 is 17.1. The van der Waals surface area contributed by atoms with Gasteiger partial charge in [-0.25, -0.2) is 4.79 Å². The molecule has 3 heterocycles. The van der Waals surface area contributed by atoms with Crippen molar-refractivity contribution in [1.82, 2.24) is 9.47 Å². The highest BCUT2D eigenvalue weighted by Crippen LogP contribution is 2.34. The SMILES string of the molecule is COC(=O)c1ccc(CN2C(=O)S/C(=C/c3cccn3-c3ccc(OC)cc3)C2=O)o1. The van der Waals surface area contributed by atoms with E-state index in [0.717, 1.165) is 33.8 Å². The average Bonchev–Trinajstić information content (AvgIpc) is 3.50. The molecule has 0 bridgehead atoms. The molecule has 3 aromatic rings. The van der Waals surface area contributed by atoms with E-state index in [4.69, 9.17) is 9.15 Å². The zero-order valence-corrected chi connectivity index (χ0v) is 17.5. The van der Waals surface area contributed by atoms with E-state index < -0.39 is 17.1 Å². The van der Waals surface area contributed by atoms with Gasteiger partial charge >= 0.3 is 5.97 Å². The van der Waals surface area contributed by atoms with Gasteiger partial charge in [0.2, 0.25) is 5.76 Å². The largest absolute Gasteiger partial charge is 0.497 e. The van der Waals surface area contributed by atoms with Gasteiger partial charge < -0.3 is 18.5 Å². The van der Waals surface area contributed by atoms with Crippen LogP contribution in [-0.4, -0.2) is 40.8 Å². The Labute approximate surface area is 182 Å². The minimum Gasteiger partial charge on any atom is -0.497 e. The number of esters is 1. The van der Waals surface area contributed by atoms with Crippen LogP contribution in [-0.2, 0) is 16.1 Å². The lowest BCUT2D eigenvalue weighted by Gasteiger charge is -2.10. The maximum atomic E-state index is 12.8. The Morgan fingerprint density at radius 1 is 1.10 bits per heavy atom. The molecule has 0 N–H and O–H groups in total. The first-order chi connectivity index (χ1) is 15.0. The molecule has 1 aliphatic heterocycles. The Kier molecular flexibility index (Phi) is 5.68. The summed E-state index contributed by atoms with van der Waals surface area (Å²) in [6.45, 7) is -0.0709. The maximum Gasteiger partial charge on any atom is 0.373 e. The van der Waals surface area contributed by atoms with Crippen molar-refractivity contribution in [2.24, 2.45) is 0 Å². The van der Waals surface area contributed by atoms with Gasteiger partial charge in [-0.1, -0.05) is 0 Å². The number of aromatic nitrogens is 1. The van der Waals surface area contributed by atoms with E-state index >= 15 is 0 Å². The van der Waals surface area contributed by atoms with Gasteiger partial charge in [0.25, 0.3) is 11.1 Å². The standard InChI is InChI=1S/C22H18N2O6S/c1-28-16-7-5-14(6-8-16)23-11-3-4-15(23)12-19-20(25)24(22(27)31-19)13-17-9-10-18(30-17)21(26)29-2/h3-12H,13H2,1-2H3/b19-12+. The molecule has 2 amide bonds. The predicted octanol–water partition coefficient (Wildman–Crippen LogP) is 4.10. The van der Waals surface area contributed by atoms with Crippen molar-refractivity contribution < 1.29 is 28.3 Å². The number of hydrogen-bond acceptors (Lipinski definition) is 7. The van der Waals surface area contributed by atoms with Crippen molar-refractivity contribution in [2.75, 3.05) is 14.2 Å². The molecule has 1 saturated heterocycles. The third-order valence-corrected chi connectivity index (χ3v) is 5.55. The van der Waals surface area contributed by atoms with Gasteiger partial charge in [-0.2, -0.15) is 0 Å². The number of amides is 2. The highest BCUT2D eigenvalue weighted by Gasteiger charge is 2.36. The molecule has 8 nitrogen and oxygen atoms in total. The van der Waals surface area contributed by atoms with Crippen LogP contribution in [0.3, 0.4) is 0 Å². The van der Waals surface area contributed by atoms with Crippen LogP contribution in [0.2, 0.25) is 0 Å². The summed E-state index contributed by atoms with van der Waals surface area (Å²) >= 11 is 0.859. The molecule has 0 unspecified atom stereocenters. The lowest BCUT2D eigenvalue weighted by molar-refractivity contribution is -0.123. The third-order valence-electron chi connectivity index (χ3n) is 4.65. The second-order valence-electron chi connectivity index (χ2n) is 6.53. The molecule has 4 rings (SSSR count). The second kappa shape index (κ2) is 8.57. The Bertz CT molecular complexity index is 1170. The number of carbonyl (C=O) groups excluding carboxylic acids is 3. The highest BCUT2D eigenvalue weighted by molar-refractivity contribution is 8.18. The number of methoxy groups -OCH3 is 2. The molecule has 158 valence electrons. The first-order valence-electron chi connectivity index (χ1n) is 9.24. The smallest absolute Gasteiger partial charge is 0.373 e. The van der Waals surface area contributed by atoms with Crippen LogP contribution in [0.5, 0.6) is 5.75 Å². The number of furan rings is 1. The molecule has 9 heteroatoms. The van der Waals surface area contributed by atoms with Crippen molar-refractivity contribution in [3.8, 4) is 11.4 Å². The van der Waals surface area contributed by atoms with E-state index in [1.54, 1.807) is 13.2 Å². The molecule has 31 heavy (non-hydrogen) atoms. The second-order valence-corrected chi connectivity index (χ2v) is 7.52. The van der Waals surface area contributed by atoms with Crippen LogP contribution in [0.1, 0.15) is 22.0 Å². The van der Waals surface area contributed by atoms with Crippen molar-refractivity contribution in [3.05, 3.63) is 76.8 Å². The lowest BCUT2D eigenvalue weighted by atomic mass is 10.2. The number of nitrogens with zero attached hydrogens (tertiary/aromatic N) is 2. The zero-order chi connectivity index (χ0) is 22.0. The number of imide groups is 1. The Balaban J connectivity index is 1.54. The first kappa shape index (κ1) is 20.5. The van der Waals surface area contributed by atoms with Crippen LogP contribution in [0.4, 0.5) is 4.79 Å². The lowest BCUT2D eigenvalue weighted by Crippen LogP contribution is -2.27. The molecule has 0 aliphatic carbocycles. The summed E-state index contributed by atoms with van der Waals surface area (Å²) in [6.07, 6.45) is 3.55. The maximum absolute atomic E-state index is 12.8. The predicted molar refractivity (Wildman–Crippen MR) is 114 cm³/mol. The monoisotopic (exact) mass is 438 g/mol. The number of hydrogen-bond donors (Lipinski definition) is 0. The van der Waals surface area contributed by atoms with Gasteiger partial charge in [0.15, 0.2) is 0 Å². The van der Waals surface area contributed by atoms with Gasteiger partial charge in [0.05, 0.1) is 25.7 Å². The number of ether oxygens (including phenoxy) is 2. The average molecular weight is 438 g/mol. The summed E-state index contributed by atoms with van der Waals surface area (Å²) in [7, 11) is 2.85. The summed E-state index contributed by atoms with van der Waals surface area (Å²) in [5, 5.41) is -0.408. The minimum atomic E-state index is -0.625. The van der Waals surface area contributed by atoms with Gasteiger partial charge in [-0.15, -0.1) is 0 Å². The zero-order valence-electron chi connectivity index (χ0n) is 16.7. The van der Waals surface area contributed by atoms with Gasteiger partial charge in [-0.3, -0.25) is 14.5 Å². The van der Waals surface area contributed by atoms with Crippen LogP contribution >= 0.6 is 11.8 Å². The number of carbonyl (C=O) groups is 3. The van der Waals surface area contributed by atoms with E-state index in [-0.39, 0.29) is 12.3 Å². The fourth-order valence-electron chi connectivity index (χ4n) is 3.09. The van der Waals surface area contributed by atoms with Crippen LogP contribution < -0.4 is 4.74 Å². The number of rotatable bonds is 6. The van der Waals surface area contributed by atoms with E-state index in [0.29, 0.717) is 10.7 Å². The van der Waals surface area contributed by atoms with Crippen LogP contribution in [0, 0.1) is 0 Å². The molecule has 1 aliphatic rings. The summed E-state index contributed by atoms with van der Waals surface area (Å²) in [5.41, 5.74) is 1.64. The fourth-order valence-corrected chi connectivity index (χ4v) is 3.91. The molecule has 0 saturated carbocycles. The fraction of sp³-hybridized carbons (Fsp3) is 0.136. The van der Waals surface area contributed by atoms with E-state index in [2.05, 4.69) is 4.74 Å². The minimum absolute atomic E-state index is 0.0114. The molecular formula is C22H18N2O6S. The number of benzene rings is 1. The summed E-state index contributed by atoms with van der Waals surface area (Å²) in [4.78, 5) is 38.2. The summed E-state index contributed by atoms with van der Waals surface area (Å²) in [5.74, 6) is 0.0165. The molecular weight excluding hydrogens is 420 g/mol. The Morgan fingerprint density at radius 3 is 2.58 bits per heavy atom. The number of thioether (sulfide) groups is 1. The van der Waals surface area contributed by atoms with E-state index in [9.17, 15) is 14.4 Å². The van der Waals surface area contributed by atoms with Crippen molar-refractivity contribution in [1.29, 1.82) is 0 Å². The molecule has 2 aromatic heterocycles. The Hall–Kier alpha value is -3.72. The molecule has 0 spiro atoms. The topological polar surface area (TPSA) is 91.0 Å². The Morgan fingerprint density at radius 2 is 1.87 bits per heavy atom. The van der Waals surface area contributed by atoms with Gasteiger partial charge in [-0.05, 0) is 66.4 Å². The van der Waals surface area contributed by atoms with Crippen LogP contribution in [0.15, 0.2) is 64.1 Å². The van der Waals surface area contributed by atoms with Crippen molar-refractivity contribution in [3.63, 3.8) is 0 Å². The molecule has 0 radical (unpaired) electrons. The summed E-state index contributed by atoms with van der Waals surface area (Å²) in [6, 6.07) is 14.2. The third kappa shape index (κ3) is 4.13. The normalized spacial score (nSPS) is 15.0. The molecule has 0 atom stereocenters. The van der Waals surface area contributed by atoms with E-state index in [1.807, 2.05) is 47.2 Å². The van der Waals surface area contributed by atoms with E-state index in [1.165, 1.54) is 19.2 Å². The highest BCUT2D eigenvalue weighted by atomic mass is 32.2. The molecule has 1 aromatic carbocycles.